The van der Waals surface area contributed by atoms with Gasteiger partial charge in [0, 0.05) is 12.2 Å². The molecule has 2 aromatic rings. The molecule has 29 heavy (non-hydrogen) atoms. The van der Waals surface area contributed by atoms with E-state index in [1.165, 1.54) is 0 Å². The Hall–Kier alpha value is -2.94. The highest BCUT2D eigenvalue weighted by atomic mass is 19.4. The van der Waals surface area contributed by atoms with E-state index in [0.29, 0.717) is 25.1 Å². The Bertz CT molecular complexity index is 843. The van der Waals surface area contributed by atoms with Crippen LogP contribution in [0, 0.1) is 6.92 Å². The number of rotatable bonds is 3. The average molecular weight is 410 g/mol. The fourth-order valence-electron chi connectivity index (χ4n) is 3.00. The molecule has 2 N–H and O–H groups in total. The van der Waals surface area contributed by atoms with Crippen LogP contribution in [0.2, 0.25) is 0 Å². The lowest BCUT2D eigenvalue weighted by molar-refractivity contribution is -0.192. The summed E-state index contributed by atoms with van der Waals surface area (Å²) in [6, 6.07) is 15.2. The van der Waals surface area contributed by atoms with Gasteiger partial charge in [0.1, 0.15) is 5.69 Å². The molecule has 1 aromatic carbocycles. The van der Waals surface area contributed by atoms with Gasteiger partial charge >= 0.3 is 12.1 Å². The average Bonchev–Trinajstić information content (AvgIpc) is 3.02. The van der Waals surface area contributed by atoms with E-state index in [2.05, 4.69) is 4.98 Å². The third kappa shape index (κ3) is 6.28. The normalized spacial score (nSPS) is 18.7. The van der Waals surface area contributed by atoms with Gasteiger partial charge in [-0.3, -0.25) is 4.79 Å². The van der Waals surface area contributed by atoms with Gasteiger partial charge in [-0.1, -0.05) is 36.4 Å². The molecule has 2 atom stereocenters. The number of carbonyl (C=O) groups is 2. The first-order valence-electron chi connectivity index (χ1n) is 8.86. The fraction of sp³-hybridized carbons (Fsp3) is 0.350. The Labute approximate surface area is 165 Å². The summed E-state index contributed by atoms with van der Waals surface area (Å²) >= 11 is 0. The van der Waals surface area contributed by atoms with Crippen molar-refractivity contribution < 1.29 is 33.0 Å². The number of aromatic nitrogens is 1. The monoisotopic (exact) mass is 410 g/mol. The second kappa shape index (κ2) is 9.51. The predicted molar refractivity (Wildman–Crippen MR) is 98.3 cm³/mol. The van der Waals surface area contributed by atoms with E-state index in [-0.39, 0.29) is 11.9 Å². The van der Waals surface area contributed by atoms with E-state index in [1.54, 1.807) is 11.0 Å². The number of carboxylic acid groups (broad SMARTS) is 1. The lowest BCUT2D eigenvalue weighted by Gasteiger charge is -2.26. The molecule has 9 heteroatoms. The summed E-state index contributed by atoms with van der Waals surface area (Å²) in [5.41, 5.74) is 2.40. The number of aryl methyl sites for hydroxylation is 1. The van der Waals surface area contributed by atoms with Gasteiger partial charge < -0.3 is 15.1 Å². The largest absolute Gasteiger partial charge is 0.490 e. The number of benzene rings is 1. The zero-order valence-corrected chi connectivity index (χ0v) is 15.6. The minimum absolute atomic E-state index is 0.0961. The van der Waals surface area contributed by atoms with E-state index in [9.17, 15) is 23.1 Å². The number of halogens is 3. The molecule has 0 unspecified atom stereocenters. The number of alkyl halides is 3. The van der Waals surface area contributed by atoms with Gasteiger partial charge in [0.25, 0.3) is 5.91 Å². The van der Waals surface area contributed by atoms with Crippen LogP contribution in [0.1, 0.15) is 28.2 Å². The highest BCUT2D eigenvalue weighted by molar-refractivity contribution is 5.92. The molecule has 1 amide bonds. The molecular weight excluding hydrogens is 389 g/mol. The topological polar surface area (TPSA) is 90.7 Å². The van der Waals surface area contributed by atoms with Crippen molar-refractivity contribution >= 4 is 11.9 Å². The van der Waals surface area contributed by atoms with Crippen molar-refractivity contribution in [3.05, 3.63) is 65.5 Å². The standard InChI is InChI=1S/C18H20N2O2.C2HF3O2/c1-13-6-5-9-15(19-13)18(22)20-11-10-17(21)16(20)12-14-7-3-2-4-8-14;3-2(4,5)1(6)7/h2-9,16-17,21H,10-12H2,1H3;(H,6,7)/t16-,17-;/m0./s1. The summed E-state index contributed by atoms with van der Waals surface area (Å²) in [5, 5.41) is 17.4. The molecule has 1 fully saturated rings. The minimum Gasteiger partial charge on any atom is -0.475 e. The van der Waals surface area contributed by atoms with Crippen LogP contribution >= 0.6 is 0 Å². The maximum atomic E-state index is 12.7. The van der Waals surface area contributed by atoms with Crippen LogP contribution in [-0.4, -0.2) is 56.8 Å². The van der Waals surface area contributed by atoms with Crippen molar-refractivity contribution in [3.8, 4) is 0 Å². The van der Waals surface area contributed by atoms with Gasteiger partial charge in [-0.2, -0.15) is 13.2 Å². The van der Waals surface area contributed by atoms with Gasteiger partial charge in [0.2, 0.25) is 0 Å². The van der Waals surface area contributed by atoms with Crippen molar-refractivity contribution in [2.45, 2.75) is 38.1 Å². The van der Waals surface area contributed by atoms with E-state index in [0.717, 1.165) is 11.3 Å². The van der Waals surface area contributed by atoms with E-state index in [4.69, 9.17) is 9.90 Å². The molecule has 6 nitrogen and oxygen atoms in total. The summed E-state index contributed by atoms with van der Waals surface area (Å²) in [5.74, 6) is -2.85. The highest BCUT2D eigenvalue weighted by Crippen LogP contribution is 2.23. The number of aliphatic hydroxyl groups excluding tert-OH is 1. The number of aliphatic hydroxyl groups is 1. The van der Waals surface area contributed by atoms with Crippen LogP contribution in [0.3, 0.4) is 0 Å². The van der Waals surface area contributed by atoms with E-state index >= 15 is 0 Å². The summed E-state index contributed by atoms with van der Waals surface area (Å²) < 4.78 is 31.7. The first-order valence-corrected chi connectivity index (χ1v) is 8.86. The Morgan fingerprint density at radius 1 is 1.14 bits per heavy atom. The molecule has 0 radical (unpaired) electrons. The van der Waals surface area contributed by atoms with Crippen LogP contribution in [-0.2, 0) is 11.2 Å². The Balaban J connectivity index is 0.000000370. The SMILES string of the molecule is Cc1cccc(C(=O)N2CC[C@H](O)[C@@H]2Cc2ccccc2)n1.O=C(O)C(F)(F)F. The lowest BCUT2D eigenvalue weighted by atomic mass is 10.0. The lowest BCUT2D eigenvalue weighted by Crippen LogP contribution is -2.41. The predicted octanol–water partition coefficient (Wildman–Crippen LogP) is 2.84. The first kappa shape index (κ1) is 22.4. The number of pyridine rings is 1. The number of hydrogen-bond donors (Lipinski definition) is 2. The van der Waals surface area contributed by atoms with Crippen LogP contribution in [0.5, 0.6) is 0 Å². The number of nitrogens with zero attached hydrogens (tertiary/aromatic N) is 2. The molecule has 0 saturated carbocycles. The zero-order valence-electron chi connectivity index (χ0n) is 15.6. The third-order valence-corrected chi connectivity index (χ3v) is 4.41. The molecular formula is C20H21F3N2O4. The van der Waals surface area contributed by atoms with Crippen LogP contribution in [0.25, 0.3) is 0 Å². The number of likely N-dealkylation sites (tertiary alicyclic amines) is 1. The maximum Gasteiger partial charge on any atom is 0.490 e. The number of carboxylic acids is 1. The van der Waals surface area contributed by atoms with Crippen LogP contribution in [0.4, 0.5) is 13.2 Å². The number of hydrogen-bond acceptors (Lipinski definition) is 4. The molecule has 156 valence electrons. The fourth-order valence-corrected chi connectivity index (χ4v) is 3.00. The molecule has 0 aliphatic carbocycles. The smallest absolute Gasteiger partial charge is 0.475 e. The number of aliphatic carboxylic acids is 1. The van der Waals surface area contributed by atoms with Crippen molar-refractivity contribution in [1.82, 2.24) is 9.88 Å². The second-order valence-corrected chi connectivity index (χ2v) is 6.58. The molecule has 0 bridgehead atoms. The van der Waals surface area contributed by atoms with Crippen molar-refractivity contribution in [2.24, 2.45) is 0 Å². The molecule has 3 rings (SSSR count). The molecule has 2 heterocycles. The van der Waals surface area contributed by atoms with Crippen LogP contribution < -0.4 is 0 Å². The molecule has 1 saturated heterocycles. The van der Waals surface area contributed by atoms with Gasteiger partial charge in [-0.15, -0.1) is 0 Å². The second-order valence-electron chi connectivity index (χ2n) is 6.58. The number of carbonyl (C=O) groups excluding carboxylic acids is 1. The van der Waals surface area contributed by atoms with Crippen molar-refractivity contribution in [2.75, 3.05) is 6.54 Å². The molecule has 1 aliphatic rings. The van der Waals surface area contributed by atoms with Gasteiger partial charge in [-0.05, 0) is 37.5 Å². The molecule has 1 aliphatic heterocycles. The summed E-state index contributed by atoms with van der Waals surface area (Å²) in [4.78, 5) is 27.7. The highest BCUT2D eigenvalue weighted by Gasteiger charge is 2.38. The first-order chi connectivity index (χ1) is 13.6. The Morgan fingerprint density at radius 2 is 1.76 bits per heavy atom. The summed E-state index contributed by atoms with van der Waals surface area (Å²) in [6.07, 6.45) is -4.27. The summed E-state index contributed by atoms with van der Waals surface area (Å²) in [7, 11) is 0. The number of amides is 1. The van der Waals surface area contributed by atoms with Crippen molar-refractivity contribution in [1.29, 1.82) is 0 Å². The van der Waals surface area contributed by atoms with Crippen LogP contribution in [0.15, 0.2) is 48.5 Å². The van der Waals surface area contributed by atoms with Gasteiger partial charge in [0.05, 0.1) is 12.1 Å². The Morgan fingerprint density at radius 3 is 2.31 bits per heavy atom. The minimum atomic E-state index is -5.08. The van der Waals surface area contributed by atoms with E-state index in [1.807, 2.05) is 49.4 Å². The quantitative estimate of drug-likeness (QED) is 0.812. The van der Waals surface area contributed by atoms with Gasteiger partial charge in [0.15, 0.2) is 0 Å². The molecule has 1 aromatic heterocycles. The zero-order chi connectivity index (χ0) is 21.6. The third-order valence-electron chi connectivity index (χ3n) is 4.41. The summed E-state index contributed by atoms with van der Waals surface area (Å²) in [6.45, 7) is 2.45. The van der Waals surface area contributed by atoms with Crippen molar-refractivity contribution in [3.63, 3.8) is 0 Å². The Kier molecular flexibility index (Phi) is 7.33. The van der Waals surface area contributed by atoms with E-state index < -0.39 is 18.2 Å². The molecule has 0 spiro atoms. The van der Waals surface area contributed by atoms with Gasteiger partial charge in [-0.25, -0.2) is 9.78 Å². The maximum absolute atomic E-state index is 12.7.